The van der Waals surface area contributed by atoms with Gasteiger partial charge in [-0.25, -0.2) is 0 Å². The Hall–Kier alpha value is -0.740. The molecule has 3 nitrogen and oxygen atoms in total. The van der Waals surface area contributed by atoms with Crippen molar-refractivity contribution in [2.24, 2.45) is 0 Å². The van der Waals surface area contributed by atoms with Crippen LogP contribution < -0.4 is 0 Å². The van der Waals surface area contributed by atoms with Crippen LogP contribution in [0.15, 0.2) is 18.2 Å². The fourth-order valence-corrected chi connectivity index (χ4v) is 1.27. The molecule has 0 bridgehead atoms. The van der Waals surface area contributed by atoms with Gasteiger partial charge in [0.15, 0.2) is 0 Å². The molecule has 1 rings (SSSR count). The van der Waals surface area contributed by atoms with Crippen molar-refractivity contribution in [3.8, 4) is 0 Å². The fourth-order valence-electron chi connectivity index (χ4n) is 0.797. The van der Waals surface area contributed by atoms with Gasteiger partial charge in [0.2, 0.25) is 0 Å². The van der Waals surface area contributed by atoms with Gasteiger partial charge in [0.05, 0.1) is 4.92 Å². The van der Waals surface area contributed by atoms with Crippen LogP contribution in [0.2, 0.25) is 5.02 Å². The summed E-state index contributed by atoms with van der Waals surface area (Å²) >= 11 is 9.64. The van der Waals surface area contributed by atoms with Crippen LogP contribution in [-0.2, 0) is 5.75 Å². The molecule has 0 saturated heterocycles. The molecule has 0 amide bonds. The molecule has 0 saturated carbocycles. The predicted molar refractivity (Wildman–Crippen MR) is 50.8 cm³/mol. The quantitative estimate of drug-likeness (QED) is 0.456. The van der Waals surface area contributed by atoms with Gasteiger partial charge in [-0.1, -0.05) is 17.7 Å². The molecule has 1 aromatic carbocycles. The topological polar surface area (TPSA) is 43.1 Å². The van der Waals surface area contributed by atoms with E-state index in [1.807, 2.05) is 0 Å². The van der Waals surface area contributed by atoms with Crippen LogP contribution in [0.1, 0.15) is 5.56 Å². The highest BCUT2D eigenvalue weighted by atomic mass is 35.5. The van der Waals surface area contributed by atoms with E-state index >= 15 is 0 Å². The molecule has 0 radical (unpaired) electrons. The lowest BCUT2D eigenvalue weighted by Crippen LogP contribution is -1.89. The second-order valence-corrected chi connectivity index (χ2v) is 2.92. The van der Waals surface area contributed by atoms with Gasteiger partial charge < -0.3 is 0 Å². The summed E-state index contributed by atoms with van der Waals surface area (Å²) in [7, 11) is 0. The van der Waals surface area contributed by atoms with Gasteiger partial charge in [0, 0.05) is 11.8 Å². The number of nitrogens with zero attached hydrogens (tertiary/aromatic N) is 1. The SMILES string of the molecule is O=[N+]([O-])c1ccc(CS)cc1Cl. The molecule has 0 fully saturated rings. The summed E-state index contributed by atoms with van der Waals surface area (Å²) in [5.41, 5.74) is 0.802. The third kappa shape index (κ3) is 1.89. The van der Waals surface area contributed by atoms with Crippen molar-refractivity contribution in [3.63, 3.8) is 0 Å². The maximum atomic E-state index is 10.3. The Kier molecular flexibility index (Phi) is 2.94. The third-order valence-corrected chi connectivity index (χ3v) is 2.06. The van der Waals surface area contributed by atoms with E-state index in [0.29, 0.717) is 5.75 Å². The molecule has 12 heavy (non-hydrogen) atoms. The molecule has 64 valence electrons. The molecule has 5 heteroatoms. The monoisotopic (exact) mass is 203 g/mol. The summed E-state index contributed by atoms with van der Waals surface area (Å²) in [4.78, 5) is 9.81. The van der Waals surface area contributed by atoms with Gasteiger partial charge in [0.25, 0.3) is 5.69 Å². The van der Waals surface area contributed by atoms with Crippen molar-refractivity contribution in [2.45, 2.75) is 5.75 Å². The Morgan fingerprint density at radius 1 is 1.58 bits per heavy atom. The van der Waals surface area contributed by atoms with E-state index in [1.165, 1.54) is 6.07 Å². The first-order valence-electron chi connectivity index (χ1n) is 3.19. The lowest BCUT2D eigenvalue weighted by Gasteiger charge is -1.97. The van der Waals surface area contributed by atoms with Crippen molar-refractivity contribution in [3.05, 3.63) is 38.9 Å². The molecule has 0 atom stereocenters. The highest BCUT2D eigenvalue weighted by Gasteiger charge is 2.10. The molecule has 0 aliphatic carbocycles. The smallest absolute Gasteiger partial charge is 0.258 e. The number of rotatable bonds is 2. The summed E-state index contributed by atoms with van der Waals surface area (Å²) in [5.74, 6) is 0.526. The first-order chi connectivity index (χ1) is 5.65. The second-order valence-electron chi connectivity index (χ2n) is 2.20. The van der Waals surface area contributed by atoms with Crippen LogP contribution in [0.25, 0.3) is 0 Å². The van der Waals surface area contributed by atoms with Crippen molar-refractivity contribution < 1.29 is 4.92 Å². The molecule has 0 spiro atoms. The van der Waals surface area contributed by atoms with E-state index in [0.717, 1.165) is 5.56 Å². The van der Waals surface area contributed by atoms with E-state index in [2.05, 4.69) is 12.6 Å². The number of hydrogen-bond donors (Lipinski definition) is 1. The maximum Gasteiger partial charge on any atom is 0.287 e. The average Bonchev–Trinajstić information content (AvgIpc) is 2.03. The molecular formula is C7H6ClNO2S. The molecule has 0 aliphatic heterocycles. The average molecular weight is 204 g/mol. The Labute approximate surface area is 79.9 Å². The van der Waals surface area contributed by atoms with Crippen LogP contribution in [-0.4, -0.2) is 4.92 Å². The zero-order chi connectivity index (χ0) is 9.14. The zero-order valence-corrected chi connectivity index (χ0v) is 7.68. The Morgan fingerprint density at radius 2 is 2.25 bits per heavy atom. The van der Waals surface area contributed by atoms with Gasteiger partial charge >= 0.3 is 0 Å². The number of benzene rings is 1. The Balaban J connectivity index is 3.12. The summed E-state index contributed by atoms with van der Waals surface area (Å²) in [6, 6.07) is 4.57. The van der Waals surface area contributed by atoms with Gasteiger partial charge in [0.1, 0.15) is 5.02 Å². The number of halogens is 1. The summed E-state index contributed by atoms with van der Waals surface area (Å²) in [5, 5.41) is 10.5. The van der Waals surface area contributed by atoms with E-state index in [4.69, 9.17) is 11.6 Å². The van der Waals surface area contributed by atoms with Crippen LogP contribution in [0.5, 0.6) is 0 Å². The molecule has 0 aromatic heterocycles. The Morgan fingerprint density at radius 3 is 2.67 bits per heavy atom. The van der Waals surface area contributed by atoms with Crippen molar-refractivity contribution in [2.75, 3.05) is 0 Å². The van der Waals surface area contributed by atoms with Crippen LogP contribution in [0, 0.1) is 10.1 Å². The number of nitro groups is 1. The second kappa shape index (κ2) is 3.78. The van der Waals surface area contributed by atoms with E-state index in [-0.39, 0.29) is 10.7 Å². The number of thiol groups is 1. The molecule has 0 heterocycles. The van der Waals surface area contributed by atoms with Crippen molar-refractivity contribution >= 4 is 29.9 Å². The molecule has 0 unspecified atom stereocenters. The highest BCUT2D eigenvalue weighted by Crippen LogP contribution is 2.25. The number of nitro benzene ring substituents is 1. The largest absolute Gasteiger partial charge is 0.287 e. The fraction of sp³-hybridized carbons (Fsp3) is 0.143. The van der Waals surface area contributed by atoms with Crippen LogP contribution in [0.3, 0.4) is 0 Å². The number of hydrogen-bond acceptors (Lipinski definition) is 3. The van der Waals surface area contributed by atoms with Gasteiger partial charge in [-0.05, 0) is 11.6 Å². The van der Waals surface area contributed by atoms with E-state index in [1.54, 1.807) is 12.1 Å². The molecule has 0 N–H and O–H groups in total. The summed E-state index contributed by atoms with van der Waals surface area (Å²) < 4.78 is 0. The summed E-state index contributed by atoms with van der Waals surface area (Å²) in [6.45, 7) is 0. The first-order valence-corrected chi connectivity index (χ1v) is 4.20. The minimum atomic E-state index is -0.509. The Bertz CT molecular complexity index is 316. The van der Waals surface area contributed by atoms with Crippen LogP contribution in [0.4, 0.5) is 5.69 Å². The standard InChI is InChI=1S/C7H6ClNO2S/c8-6-3-5(4-12)1-2-7(6)9(10)11/h1-3,12H,4H2. The highest BCUT2D eigenvalue weighted by molar-refractivity contribution is 7.79. The predicted octanol–water partition coefficient (Wildman–Crippen LogP) is 2.68. The minimum absolute atomic E-state index is 0.0674. The summed E-state index contributed by atoms with van der Waals surface area (Å²) in [6.07, 6.45) is 0. The minimum Gasteiger partial charge on any atom is -0.258 e. The molecular weight excluding hydrogens is 198 g/mol. The lowest BCUT2D eigenvalue weighted by atomic mass is 10.2. The van der Waals surface area contributed by atoms with Gasteiger partial charge in [-0.15, -0.1) is 0 Å². The maximum absolute atomic E-state index is 10.3. The van der Waals surface area contributed by atoms with E-state index in [9.17, 15) is 10.1 Å². The van der Waals surface area contributed by atoms with Gasteiger partial charge in [-0.3, -0.25) is 10.1 Å². The lowest BCUT2D eigenvalue weighted by molar-refractivity contribution is -0.384. The molecule has 1 aromatic rings. The third-order valence-electron chi connectivity index (χ3n) is 1.39. The van der Waals surface area contributed by atoms with Crippen molar-refractivity contribution in [1.29, 1.82) is 0 Å². The normalized spacial score (nSPS) is 9.83. The molecule has 0 aliphatic rings. The van der Waals surface area contributed by atoms with Gasteiger partial charge in [-0.2, -0.15) is 12.6 Å². The first kappa shape index (κ1) is 9.35. The van der Waals surface area contributed by atoms with Crippen LogP contribution >= 0.6 is 24.2 Å². The van der Waals surface area contributed by atoms with Crippen molar-refractivity contribution in [1.82, 2.24) is 0 Å². The zero-order valence-electron chi connectivity index (χ0n) is 6.03. The van der Waals surface area contributed by atoms with E-state index < -0.39 is 4.92 Å².